The molecule has 0 aromatic rings. The number of hydrogen-bond donors (Lipinski definition) is 4. The lowest BCUT2D eigenvalue weighted by atomic mass is 9.88. The van der Waals surface area contributed by atoms with Crippen molar-refractivity contribution >= 4 is 17.5 Å². The van der Waals surface area contributed by atoms with Crippen molar-refractivity contribution in [1.82, 2.24) is 31.3 Å². The number of alkyl halides is 1. The number of rotatable bonds is 4. The standard InChI is InChI=1S/C18H33ClN6O/c1-2-12-4-3-6-20-14(12)9-25-11-21-13-5-7-24(10-16(13)25)15-8-22-23-18(26)17(15)19/h12-17,20-22H,2-11H2,1H3,(H,23,26). The number of nitrogens with one attached hydrogen (secondary N) is 4. The summed E-state index contributed by atoms with van der Waals surface area (Å²) in [7, 11) is 0. The molecule has 8 heteroatoms. The Kier molecular flexibility index (Phi) is 6.02. The van der Waals surface area contributed by atoms with E-state index < -0.39 is 5.38 Å². The van der Waals surface area contributed by atoms with Gasteiger partial charge in [-0.2, -0.15) is 0 Å². The first-order valence-electron chi connectivity index (χ1n) is 10.3. The smallest absolute Gasteiger partial charge is 0.253 e. The maximum Gasteiger partial charge on any atom is 0.253 e. The lowest BCUT2D eigenvalue weighted by Crippen LogP contribution is -2.65. The lowest BCUT2D eigenvalue weighted by Gasteiger charge is -2.45. The van der Waals surface area contributed by atoms with E-state index in [0.717, 1.165) is 45.2 Å². The monoisotopic (exact) mass is 384 g/mol. The molecule has 6 atom stereocenters. The maximum atomic E-state index is 11.9. The summed E-state index contributed by atoms with van der Waals surface area (Å²) in [6.45, 7) is 8.28. The van der Waals surface area contributed by atoms with Crippen molar-refractivity contribution in [3.8, 4) is 0 Å². The molecule has 4 rings (SSSR count). The summed E-state index contributed by atoms with van der Waals surface area (Å²) >= 11 is 6.41. The Bertz CT molecular complexity index is 508. The minimum Gasteiger partial charge on any atom is -0.312 e. The molecule has 148 valence electrons. The van der Waals surface area contributed by atoms with Gasteiger partial charge in [-0.1, -0.05) is 13.3 Å². The molecule has 0 aromatic heterocycles. The highest BCUT2D eigenvalue weighted by Gasteiger charge is 2.43. The number of nitrogens with zero attached hydrogens (tertiary/aromatic N) is 2. The molecule has 1 amide bonds. The zero-order valence-corrected chi connectivity index (χ0v) is 16.5. The molecular formula is C18H33ClN6O. The molecule has 0 aliphatic carbocycles. The molecule has 6 unspecified atom stereocenters. The van der Waals surface area contributed by atoms with Gasteiger partial charge in [0.1, 0.15) is 5.38 Å². The van der Waals surface area contributed by atoms with E-state index >= 15 is 0 Å². The summed E-state index contributed by atoms with van der Waals surface area (Å²) in [4.78, 5) is 17.0. The van der Waals surface area contributed by atoms with Gasteiger partial charge in [0.2, 0.25) is 0 Å². The molecule has 7 nitrogen and oxygen atoms in total. The molecule has 0 aromatic carbocycles. The van der Waals surface area contributed by atoms with Gasteiger partial charge in [-0.05, 0) is 31.7 Å². The zero-order chi connectivity index (χ0) is 18.1. The molecule has 4 N–H and O–H groups in total. The van der Waals surface area contributed by atoms with E-state index in [1.807, 2.05) is 0 Å². The third-order valence-corrected chi connectivity index (χ3v) is 7.39. The van der Waals surface area contributed by atoms with Gasteiger partial charge in [0.15, 0.2) is 0 Å². The van der Waals surface area contributed by atoms with Crippen molar-refractivity contribution in [1.29, 1.82) is 0 Å². The summed E-state index contributed by atoms with van der Waals surface area (Å²) in [6, 6.07) is 1.76. The fraction of sp³-hybridized carbons (Fsp3) is 0.944. The largest absolute Gasteiger partial charge is 0.312 e. The van der Waals surface area contributed by atoms with E-state index in [0.29, 0.717) is 24.7 Å². The van der Waals surface area contributed by atoms with E-state index in [9.17, 15) is 4.79 Å². The highest BCUT2D eigenvalue weighted by Crippen LogP contribution is 2.27. The number of carbonyl (C=O) groups excluding carboxylic acids is 1. The van der Waals surface area contributed by atoms with E-state index in [1.54, 1.807) is 0 Å². The van der Waals surface area contributed by atoms with Crippen LogP contribution in [0.1, 0.15) is 32.6 Å². The minimum absolute atomic E-state index is 0.0741. The molecule has 4 fully saturated rings. The Morgan fingerprint density at radius 3 is 2.96 bits per heavy atom. The molecule has 4 aliphatic heterocycles. The molecule has 0 radical (unpaired) electrons. The first-order chi connectivity index (χ1) is 12.7. The van der Waals surface area contributed by atoms with Crippen LogP contribution in [0.5, 0.6) is 0 Å². The number of hydrogen-bond acceptors (Lipinski definition) is 6. The van der Waals surface area contributed by atoms with Crippen molar-refractivity contribution in [2.75, 3.05) is 39.4 Å². The SMILES string of the molecule is CCC1CCCNC1CN1CNC2CCN(C3CNNC(=O)C3Cl)CC21. The average molecular weight is 385 g/mol. The Hall–Kier alpha value is -0.440. The van der Waals surface area contributed by atoms with Gasteiger partial charge in [-0.3, -0.25) is 25.3 Å². The minimum atomic E-state index is -0.472. The highest BCUT2D eigenvalue weighted by molar-refractivity contribution is 6.31. The average Bonchev–Trinajstić information content (AvgIpc) is 3.06. The van der Waals surface area contributed by atoms with Crippen LogP contribution in [-0.4, -0.2) is 84.6 Å². The first-order valence-corrected chi connectivity index (χ1v) is 10.7. The van der Waals surface area contributed by atoms with Gasteiger partial charge in [-0.15, -0.1) is 11.6 Å². The van der Waals surface area contributed by atoms with Crippen LogP contribution in [0, 0.1) is 5.92 Å². The Morgan fingerprint density at radius 2 is 2.12 bits per heavy atom. The van der Waals surface area contributed by atoms with Crippen LogP contribution in [0.4, 0.5) is 0 Å². The fourth-order valence-corrected chi connectivity index (χ4v) is 5.60. The third-order valence-electron chi connectivity index (χ3n) is 6.90. The summed E-state index contributed by atoms with van der Waals surface area (Å²) in [5.41, 5.74) is 5.64. The molecule has 0 saturated carbocycles. The van der Waals surface area contributed by atoms with Crippen LogP contribution in [0.3, 0.4) is 0 Å². The number of amides is 1. The number of carbonyl (C=O) groups is 1. The molecular weight excluding hydrogens is 352 g/mol. The van der Waals surface area contributed by atoms with Crippen LogP contribution in [0.15, 0.2) is 0 Å². The number of piperidine rings is 2. The Balaban J connectivity index is 1.39. The van der Waals surface area contributed by atoms with Crippen LogP contribution < -0.4 is 21.5 Å². The second-order valence-corrected chi connectivity index (χ2v) is 8.77. The van der Waals surface area contributed by atoms with Gasteiger partial charge in [0, 0.05) is 57.0 Å². The number of fused-ring (bicyclic) bond motifs is 1. The van der Waals surface area contributed by atoms with E-state index in [1.165, 1.54) is 19.3 Å². The first kappa shape index (κ1) is 18.9. The van der Waals surface area contributed by atoms with Gasteiger partial charge in [0.25, 0.3) is 5.91 Å². The maximum absolute atomic E-state index is 11.9. The van der Waals surface area contributed by atoms with Gasteiger partial charge in [-0.25, -0.2) is 5.43 Å². The van der Waals surface area contributed by atoms with Crippen LogP contribution in [0.2, 0.25) is 0 Å². The molecule has 0 bridgehead atoms. The predicted molar refractivity (Wildman–Crippen MR) is 103 cm³/mol. The van der Waals surface area contributed by atoms with Crippen molar-refractivity contribution in [3.63, 3.8) is 0 Å². The van der Waals surface area contributed by atoms with Crippen LogP contribution in [0.25, 0.3) is 0 Å². The Labute approximate surface area is 161 Å². The summed E-state index contributed by atoms with van der Waals surface area (Å²) in [5, 5.41) is 7.01. The van der Waals surface area contributed by atoms with Crippen LogP contribution >= 0.6 is 11.6 Å². The molecule has 4 aliphatic rings. The topological polar surface area (TPSA) is 71.7 Å². The second-order valence-electron chi connectivity index (χ2n) is 8.30. The van der Waals surface area contributed by atoms with E-state index in [2.05, 4.69) is 38.2 Å². The molecule has 26 heavy (non-hydrogen) atoms. The normalized spacial score (nSPS) is 42.5. The number of halogens is 1. The summed E-state index contributed by atoms with van der Waals surface area (Å²) in [6.07, 6.45) is 5.04. The van der Waals surface area contributed by atoms with Gasteiger partial charge < -0.3 is 5.32 Å². The molecule has 4 heterocycles. The zero-order valence-electron chi connectivity index (χ0n) is 15.7. The van der Waals surface area contributed by atoms with E-state index in [4.69, 9.17) is 11.6 Å². The van der Waals surface area contributed by atoms with Crippen molar-refractivity contribution in [2.24, 2.45) is 5.92 Å². The summed E-state index contributed by atoms with van der Waals surface area (Å²) in [5.74, 6) is 0.685. The van der Waals surface area contributed by atoms with Crippen molar-refractivity contribution in [3.05, 3.63) is 0 Å². The number of likely N-dealkylation sites (tertiary alicyclic amines) is 1. The van der Waals surface area contributed by atoms with E-state index in [-0.39, 0.29) is 11.9 Å². The van der Waals surface area contributed by atoms with Crippen molar-refractivity contribution in [2.45, 2.75) is 62.2 Å². The second kappa shape index (κ2) is 8.29. The summed E-state index contributed by atoms with van der Waals surface area (Å²) < 4.78 is 0. The highest BCUT2D eigenvalue weighted by atomic mass is 35.5. The number of hydrazine groups is 1. The molecule has 0 spiro atoms. The molecule has 4 saturated heterocycles. The lowest BCUT2D eigenvalue weighted by molar-refractivity contribution is -0.125. The van der Waals surface area contributed by atoms with Crippen LogP contribution in [-0.2, 0) is 4.79 Å². The van der Waals surface area contributed by atoms with Crippen molar-refractivity contribution < 1.29 is 4.79 Å². The van der Waals surface area contributed by atoms with Gasteiger partial charge >= 0.3 is 0 Å². The predicted octanol–water partition coefficient (Wildman–Crippen LogP) is -0.319. The third kappa shape index (κ3) is 3.75. The fourth-order valence-electron chi connectivity index (χ4n) is 5.30. The van der Waals surface area contributed by atoms with Gasteiger partial charge in [0.05, 0.1) is 0 Å². The quantitative estimate of drug-likeness (QED) is 0.498. The Morgan fingerprint density at radius 1 is 1.23 bits per heavy atom.